The van der Waals surface area contributed by atoms with Gasteiger partial charge < -0.3 is 9.73 Å². The fourth-order valence-corrected chi connectivity index (χ4v) is 3.55. The molecule has 0 aliphatic carbocycles. The number of hydrogen-bond donors (Lipinski definition) is 1. The number of rotatable bonds is 4. The predicted molar refractivity (Wildman–Crippen MR) is 99.2 cm³/mol. The van der Waals surface area contributed by atoms with Crippen LogP contribution < -0.4 is 5.32 Å². The SMILES string of the molecule is N#Cc1cc(CCc2c(Cl)cccc2C2=NCCN2)c2occc2c1. The molecular formula is C20H16ClN3O. The van der Waals surface area contributed by atoms with Crippen LogP contribution in [0.5, 0.6) is 0 Å². The Kier molecular flexibility index (Phi) is 4.17. The summed E-state index contributed by atoms with van der Waals surface area (Å²) in [6, 6.07) is 13.8. The maximum atomic E-state index is 9.25. The first-order chi connectivity index (χ1) is 12.3. The molecule has 2 heterocycles. The van der Waals surface area contributed by atoms with Gasteiger partial charge in [0.25, 0.3) is 0 Å². The maximum Gasteiger partial charge on any atom is 0.137 e. The van der Waals surface area contributed by atoms with E-state index in [1.165, 1.54) is 0 Å². The molecule has 0 saturated carbocycles. The van der Waals surface area contributed by atoms with Crippen molar-refractivity contribution in [3.05, 3.63) is 69.9 Å². The summed E-state index contributed by atoms with van der Waals surface area (Å²) in [5, 5.41) is 14.3. The van der Waals surface area contributed by atoms with Gasteiger partial charge in [-0.2, -0.15) is 5.26 Å². The standard InChI is InChI=1S/C20H16ClN3O/c21-18-3-1-2-17(20-23-7-8-24-20)16(18)5-4-14-10-13(12-22)11-15-6-9-25-19(14)15/h1-3,6,9-11H,4-5,7-8H2,(H,23,24). The molecule has 0 amide bonds. The van der Waals surface area contributed by atoms with Crippen LogP contribution in [0.25, 0.3) is 11.0 Å². The molecule has 5 heteroatoms. The second kappa shape index (κ2) is 6.62. The Hall–Kier alpha value is -2.77. The molecule has 0 spiro atoms. The Bertz CT molecular complexity index is 1010. The molecule has 124 valence electrons. The molecule has 1 aromatic heterocycles. The predicted octanol–water partition coefficient (Wildman–Crippen LogP) is 4.09. The zero-order valence-corrected chi connectivity index (χ0v) is 14.3. The van der Waals surface area contributed by atoms with Crippen LogP contribution in [0.3, 0.4) is 0 Å². The highest BCUT2D eigenvalue weighted by Gasteiger charge is 2.16. The molecule has 1 aliphatic rings. The van der Waals surface area contributed by atoms with Gasteiger partial charge in [0.15, 0.2) is 0 Å². The maximum absolute atomic E-state index is 9.25. The first-order valence-electron chi connectivity index (χ1n) is 8.22. The minimum absolute atomic E-state index is 0.644. The quantitative estimate of drug-likeness (QED) is 0.771. The number of nitrogens with one attached hydrogen (secondary N) is 1. The summed E-state index contributed by atoms with van der Waals surface area (Å²) in [6.45, 7) is 1.65. The Balaban J connectivity index is 1.69. The van der Waals surface area contributed by atoms with Gasteiger partial charge in [0.05, 0.1) is 24.4 Å². The average Bonchev–Trinajstić information content (AvgIpc) is 3.31. The molecule has 4 nitrogen and oxygen atoms in total. The minimum atomic E-state index is 0.644. The van der Waals surface area contributed by atoms with E-state index in [9.17, 15) is 5.26 Å². The first kappa shape index (κ1) is 15.7. The number of amidine groups is 1. The van der Waals surface area contributed by atoms with Crippen molar-refractivity contribution >= 4 is 28.4 Å². The van der Waals surface area contributed by atoms with Crippen molar-refractivity contribution < 1.29 is 4.42 Å². The lowest BCUT2D eigenvalue weighted by atomic mass is 9.97. The van der Waals surface area contributed by atoms with Crippen LogP contribution in [0.2, 0.25) is 5.02 Å². The molecule has 2 aromatic carbocycles. The number of aliphatic imine (C=N–C) groups is 1. The average molecular weight is 350 g/mol. The number of hydrogen-bond acceptors (Lipinski definition) is 4. The Morgan fingerprint density at radius 1 is 1.24 bits per heavy atom. The van der Waals surface area contributed by atoms with Gasteiger partial charge in [-0.15, -0.1) is 0 Å². The largest absolute Gasteiger partial charge is 0.464 e. The number of aryl methyl sites for hydroxylation is 1. The summed E-state index contributed by atoms with van der Waals surface area (Å²) >= 11 is 6.47. The molecule has 0 unspecified atom stereocenters. The van der Waals surface area contributed by atoms with Crippen LogP contribution in [-0.2, 0) is 12.8 Å². The van der Waals surface area contributed by atoms with Gasteiger partial charge in [-0.3, -0.25) is 4.99 Å². The molecule has 0 atom stereocenters. The Morgan fingerprint density at radius 3 is 2.96 bits per heavy atom. The molecule has 0 fully saturated rings. The van der Waals surface area contributed by atoms with E-state index in [1.54, 1.807) is 6.26 Å². The molecule has 4 rings (SSSR count). The molecule has 0 radical (unpaired) electrons. The summed E-state index contributed by atoms with van der Waals surface area (Å²) in [7, 11) is 0. The van der Waals surface area contributed by atoms with E-state index in [4.69, 9.17) is 16.0 Å². The van der Waals surface area contributed by atoms with Gasteiger partial charge in [0.2, 0.25) is 0 Å². The molecule has 3 aromatic rings. The molecule has 0 bridgehead atoms. The van der Waals surface area contributed by atoms with E-state index < -0.39 is 0 Å². The van der Waals surface area contributed by atoms with Gasteiger partial charge >= 0.3 is 0 Å². The van der Waals surface area contributed by atoms with Gasteiger partial charge in [-0.1, -0.05) is 23.7 Å². The number of benzene rings is 2. The molecule has 1 N–H and O–H groups in total. The van der Waals surface area contributed by atoms with E-state index in [0.717, 1.165) is 64.4 Å². The Labute approximate surface area is 150 Å². The summed E-state index contributed by atoms with van der Waals surface area (Å²) in [6.07, 6.45) is 3.15. The molecular weight excluding hydrogens is 334 g/mol. The summed E-state index contributed by atoms with van der Waals surface area (Å²) in [4.78, 5) is 4.52. The Morgan fingerprint density at radius 2 is 2.16 bits per heavy atom. The monoisotopic (exact) mass is 349 g/mol. The summed E-state index contributed by atoms with van der Waals surface area (Å²) in [5.41, 5.74) is 4.62. The number of nitrogens with zero attached hydrogens (tertiary/aromatic N) is 2. The van der Waals surface area contributed by atoms with Crippen molar-refractivity contribution in [1.82, 2.24) is 5.32 Å². The second-order valence-corrected chi connectivity index (χ2v) is 6.42. The number of halogens is 1. The highest BCUT2D eigenvalue weighted by Crippen LogP contribution is 2.27. The first-order valence-corrected chi connectivity index (χ1v) is 8.60. The van der Waals surface area contributed by atoms with Crippen molar-refractivity contribution in [2.45, 2.75) is 12.8 Å². The van der Waals surface area contributed by atoms with Crippen LogP contribution in [0.15, 0.2) is 52.1 Å². The lowest BCUT2D eigenvalue weighted by Gasteiger charge is -2.12. The lowest BCUT2D eigenvalue weighted by Crippen LogP contribution is -2.21. The van der Waals surface area contributed by atoms with Crippen LogP contribution >= 0.6 is 11.6 Å². The fourth-order valence-electron chi connectivity index (χ4n) is 3.28. The van der Waals surface area contributed by atoms with E-state index in [-0.39, 0.29) is 0 Å². The van der Waals surface area contributed by atoms with E-state index >= 15 is 0 Å². The van der Waals surface area contributed by atoms with Crippen molar-refractivity contribution in [2.75, 3.05) is 13.1 Å². The van der Waals surface area contributed by atoms with E-state index in [2.05, 4.69) is 16.4 Å². The smallest absolute Gasteiger partial charge is 0.137 e. The van der Waals surface area contributed by atoms with Gasteiger partial charge in [-0.25, -0.2) is 0 Å². The highest BCUT2D eigenvalue weighted by molar-refractivity contribution is 6.32. The normalized spacial score (nSPS) is 13.5. The summed E-state index contributed by atoms with van der Waals surface area (Å²) in [5.74, 6) is 0.909. The van der Waals surface area contributed by atoms with Crippen molar-refractivity contribution in [1.29, 1.82) is 5.26 Å². The number of nitriles is 1. The highest BCUT2D eigenvalue weighted by atomic mass is 35.5. The number of fused-ring (bicyclic) bond motifs is 1. The van der Waals surface area contributed by atoms with Crippen LogP contribution in [-0.4, -0.2) is 18.9 Å². The summed E-state index contributed by atoms with van der Waals surface area (Å²) < 4.78 is 5.62. The fraction of sp³-hybridized carbons (Fsp3) is 0.200. The topological polar surface area (TPSA) is 61.3 Å². The van der Waals surface area contributed by atoms with Crippen molar-refractivity contribution in [3.8, 4) is 6.07 Å². The zero-order chi connectivity index (χ0) is 17.2. The van der Waals surface area contributed by atoms with Gasteiger partial charge in [-0.05, 0) is 48.2 Å². The molecule has 1 aliphatic heterocycles. The molecule has 25 heavy (non-hydrogen) atoms. The number of furan rings is 1. The van der Waals surface area contributed by atoms with Gasteiger partial charge in [0, 0.05) is 22.5 Å². The van der Waals surface area contributed by atoms with E-state index in [0.29, 0.717) is 5.56 Å². The second-order valence-electron chi connectivity index (χ2n) is 6.01. The van der Waals surface area contributed by atoms with Crippen molar-refractivity contribution in [3.63, 3.8) is 0 Å². The minimum Gasteiger partial charge on any atom is -0.464 e. The molecule has 0 saturated heterocycles. The third-order valence-corrected chi connectivity index (χ3v) is 4.80. The zero-order valence-electron chi connectivity index (χ0n) is 13.6. The van der Waals surface area contributed by atoms with Crippen LogP contribution in [0.1, 0.15) is 22.3 Å². The third kappa shape index (κ3) is 2.99. The van der Waals surface area contributed by atoms with Gasteiger partial charge in [0.1, 0.15) is 11.4 Å². The van der Waals surface area contributed by atoms with Crippen LogP contribution in [0.4, 0.5) is 0 Å². The lowest BCUT2D eigenvalue weighted by molar-refractivity contribution is 0.610. The van der Waals surface area contributed by atoms with E-state index in [1.807, 2.05) is 36.4 Å². The van der Waals surface area contributed by atoms with Crippen molar-refractivity contribution in [2.24, 2.45) is 4.99 Å². The van der Waals surface area contributed by atoms with Crippen LogP contribution in [0, 0.1) is 11.3 Å². The third-order valence-electron chi connectivity index (χ3n) is 4.45.